The number of rotatable bonds is 2. The number of aromatic nitrogens is 1. The lowest BCUT2D eigenvalue weighted by atomic mass is 10.2. The van der Waals surface area contributed by atoms with E-state index in [4.69, 9.17) is 11.5 Å². The summed E-state index contributed by atoms with van der Waals surface area (Å²) in [5.74, 6) is -0.363. The Morgan fingerprint density at radius 3 is 2.73 bits per heavy atom. The molecule has 0 aliphatic carbocycles. The molecule has 1 aromatic rings. The Morgan fingerprint density at radius 2 is 2.27 bits per heavy atom. The van der Waals surface area contributed by atoms with Crippen LogP contribution < -0.4 is 11.5 Å². The molecule has 0 radical (unpaired) electrons. The summed E-state index contributed by atoms with van der Waals surface area (Å²) < 4.78 is 12.3. The zero-order chi connectivity index (χ0) is 8.27. The first-order valence-corrected chi connectivity index (χ1v) is 3.31. The minimum Gasteiger partial charge on any atom is -0.329 e. The second-order valence-electron chi connectivity index (χ2n) is 2.24. The summed E-state index contributed by atoms with van der Waals surface area (Å²) in [4.78, 5) is 3.77. The van der Waals surface area contributed by atoms with Gasteiger partial charge in [0, 0.05) is 6.54 Å². The van der Waals surface area contributed by atoms with Gasteiger partial charge in [0.2, 0.25) is 0 Å². The van der Waals surface area contributed by atoms with Crippen LogP contribution in [0.25, 0.3) is 0 Å². The molecule has 4 N–H and O–H groups in total. The van der Waals surface area contributed by atoms with E-state index in [-0.39, 0.29) is 11.9 Å². The molecule has 0 bridgehead atoms. The Labute approximate surface area is 64.2 Å². The second kappa shape index (κ2) is 3.41. The molecule has 1 aromatic heterocycles. The van der Waals surface area contributed by atoms with E-state index in [1.165, 1.54) is 12.1 Å². The highest BCUT2D eigenvalue weighted by molar-refractivity contribution is 5.09. The predicted octanol–water partition coefficient (Wildman–Crippen LogP) is 0.179. The van der Waals surface area contributed by atoms with Gasteiger partial charge in [-0.05, 0) is 12.1 Å². The average Bonchev–Trinajstić information content (AvgIpc) is 2.05. The molecule has 0 aliphatic heterocycles. The van der Waals surface area contributed by atoms with Crippen molar-refractivity contribution in [2.24, 2.45) is 11.5 Å². The minimum atomic E-state index is -0.363. The normalized spacial score (nSPS) is 13.0. The standard InChI is InChI=1S/C7H10FN3/c8-5-1-2-7(11-4-5)6(10)3-9/h1-2,4,6H,3,9-10H2. The number of pyridine rings is 1. The van der Waals surface area contributed by atoms with Gasteiger partial charge in [0.25, 0.3) is 0 Å². The number of hydrogen-bond donors (Lipinski definition) is 2. The number of nitrogens with two attached hydrogens (primary N) is 2. The molecule has 0 saturated carbocycles. The van der Waals surface area contributed by atoms with Gasteiger partial charge in [-0.1, -0.05) is 0 Å². The minimum absolute atomic E-state index is 0.296. The molecular weight excluding hydrogens is 145 g/mol. The maximum Gasteiger partial charge on any atom is 0.141 e. The molecule has 0 amide bonds. The van der Waals surface area contributed by atoms with E-state index in [1.807, 2.05) is 0 Å². The van der Waals surface area contributed by atoms with Crippen LogP contribution in [0.2, 0.25) is 0 Å². The van der Waals surface area contributed by atoms with E-state index in [1.54, 1.807) is 0 Å². The molecule has 11 heavy (non-hydrogen) atoms. The van der Waals surface area contributed by atoms with E-state index in [2.05, 4.69) is 4.98 Å². The Balaban J connectivity index is 2.81. The maximum atomic E-state index is 12.3. The van der Waals surface area contributed by atoms with Crippen LogP contribution in [0.1, 0.15) is 11.7 Å². The van der Waals surface area contributed by atoms with Crippen molar-refractivity contribution >= 4 is 0 Å². The number of nitrogens with zero attached hydrogens (tertiary/aromatic N) is 1. The van der Waals surface area contributed by atoms with Gasteiger partial charge in [0.15, 0.2) is 0 Å². The highest BCUT2D eigenvalue weighted by Crippen LogP contribution is 2.04. The zero-order valence-corrected chi connectivity index (χ0v) is 6.00. The Morgan fingerprint density at radius 1 is 1.55 bits per heavy atom. The fourth-order valence-corrected chi connectivity index (χ4v) is 0.727. The van der Waals surface area contributed by atoms with Crippen molar-refractivity contribution in [3.05, 3.63) is 29.8 Å². The predicted molar refractivity (Wildman–Crippen MR) is 40.2 cm³/mol. The molecule has 0 saturated heterocycles. The quantitative estimate of drug-likeness (QED) is 0.640. The zero-order valence-electron chi connectivity index (χ0n) is 6.00. The Bertz CT molecular complexity index is 222. The molecule has 4 heteroatoms. The molecule has 0 spiro atoms. The SMILES string of the molecule is NCC(N)c1ccc(F)cn1. The van der Waals surface area contributed by atoms with Crippen molar-refractivity contribution in [2.45, 2.75) is 6.04 Å². The van der Waals surface area contributed by atoms with Gasteiger partial charge >= 0.3 is 0 Å². The number of hydrogen-bond acceptors (Lipinski definition) is 3. The summed E-state index contributed by atoms with van der Waals surface area (Å²) in [5.41, 5.74) is 11.4. The Hall–Kier alpha value is -1.00. The van der Waals surface area contributed by atoms with Crippen molar-refractivity contribution in [3.63, 3.8) is 0 Å². The van der Waals surface area contributed by atoms with Crippen molar-refractivity contribution in [1.29, 1.82) is 0 Å². The molecule has 0 aromatic carbocycles. The van der Waals surface area contributed by atoms with Crippen LogP contribution in [0, 0.1) is 5.82 Å². The molecule has 1 atom stereocenters. The van der Waals surface area contributed by atoms with E-state index in [0.29, 0.717) is 12.2 Å². The third kappa shape index (κ3) is 1.96. The second-order valence-corrected chi connectivity index (χ2v) is 2.24. The molecular formula is C7H10FN3. The lowest BCUT2D eigenvalue weighted by Crippen LogP contribution is -2.21. The van der Waals surface area contributed by atoms with Gasteiger partial charge in [-0.25, -0.2) is 4.39 Å². The van der Waals surface area contributed by atoms with Gasteiger partial charge in [0.05, 0.1) is 17.9 Å². The first kappa shape index (κ1) is 8.10. The molecule has 1 heterocycles. The molecule has 1 rings (SSSR count). The van der Waals surface area contributed by atoms with Crippen LogP contribution in [-0.2, 0) is 0 Å². The lowest BCUT2D eigenvalue weighted by molar-refractivity contribution is 0.613. The summed E-state index contributed by atoms with van der Waals surface area (Å²) in [7, 11) is 0. The summed E-state index contributed by atoms with van der Waals surface area (Å²) in [6.45, 7) is 0.318. The highest BCUT2D eigenvalue weighted by Gasteiger charge is 2.03. The third-order valence-corrected chi connectivity index (χ3v) is 1.38. The largest absolute Gasteiger partial charge is 0.329 e. The summed E-state index contributed by atoms with van der Waals surface area (Å²) in [6.07, 6.45) is 1.13. The summed E-state index contributed by atoms with van der Waals surface area (Å²) in [5, 5.41) is 0. The molecule has 0 fully saturated rings. The summed E-state index contributed by atoms with van der Waals surface area (Å²) in [6, 6.07) is 2.56. The molecule has 1 unspecified atom stereocenters. The van der Waals surface area contributed by atoms with Gasteiger partial charge in [-0.15, -0.1) is 0 Å². The van der Waals surface area contributed by atoms with E-state index >= 15 is 0 Å². The highest BCUT2D eigenvalue weighted by atomic mass is 19.1. The van der Waals surface area contributed by atoms with Crippen molar-refractivity contribution in [1.82, 2.24) is 4.98 Å². The van der Waals surface area contributed by atoms with Gasteiger partial charge in [-0.2, -0.15) is 0 Å². The smallest absolute Gasteiger partial charge is 0.141 e. The van der Waals surface area contributed by atoms with Crippen molar-refractivity contribution < 1.29 is 4.39 Å². The van der Waals surface area contributed by atoms with Crippen LogP contribution in [0.15, 0.2) is 18.3 Å². The van der Waals surface area contributed by atoms with E-state index in [9.17, 15) is 4.39 Å². The van der Waals surface area contributed by atoms with E-state index in [0.717, 1.165) is 6.20 Å². The van der Waals surface area contributed by atoms with Gasteiger partial charge in [0.1, 0.15) is 5.82 Å². The molecule has 3 nitrogen and oxygen atoms in total. The van der Waals surface area contributed by atoms with Crippen LogP contribution in [0.3, 0.4) is 0 Å². The maximum absolute atomic E-state index is 12.3. The van der Waals surface area contributed by atoms with Crippen LogP contribution in [-0.4, -0.2) is 11.5 Å². The number of halogens is 1. The first-order valence-electron chi connectivity index (χ1n) is 3.31. The topological polar surface area (TPSA) is 64.9 Å². The van der Waals surface area contributed by atoms with Crippen molar-refractivity contribution in [3.8, 4) is 0 Å². The Kier molecular flexibility index (Phi) is 2.51. The fraction of sp³-hybridized carbons (Fsp3) is 0.286. The monoisotopic (exact) mass is 155 g/mol. The average molecular weight is 155 g/mol. The van der Waals surface area contributed by atoms with Crippen LogP contribution in [0.5, 0.6) is 0 Å². The van der Waals surface area contributed by atoms with Gasteiger partial charge < -0.3 is 11.5 Å². The summed E-state index contributed by atoms with van der Waals surface area (Å²) >= 11 is 0. The van der Waals surface area contributed by atoms with E-state index < -0.39 is 0 Å². The molecule has 0 aliphatic rings. The fourth-order valence-electron chi connectivity index (χ4n) is 0.727. The van der Waals surface area contributed by atoms with Crippen LogP contribution in [0.4, 0.5) is 4.39 Å². The third-order valence-electron chi connectivity index (χ3n) is 1.38. The lowest BCUT2D eigenvalue weighted by Gasteiger charge is -2.06. The van der Waals surface area contributed by atoms with Crippen molar-refractivity contribution in [2.75, 3.05) is 6.54 Å². The first-order chi connectivity index (χ1) is 5.24. The van der Waals surface area contributed by atoms with Crippen LogP contribution >= 0.6 is 0 Å². The molecule has 60 valence electrons. The van der Waals surface area contributed by atoms with Gasteiger partial charge in [-0.3, -0.25) is 4.98 Å².